The van der Waals surface area contributed by atoms with Crippen LogP contribution in [0.1, 0.15) is 5.56 Å². The van der Waals surface area contributed by atoms with E-state index in [2.05, 4.69) is 21.2 Å². The number of aryl methyl sites for hydroxylation is 1. The minimum Gasteiger partial charge on any atom is -0.478 e. The first kappa shape index (κ1) is 10.8. The quantitative estimate of drug-likeness (QED) is 0.817. The van der Waals surface area contributed by atoms with Crippen molar-refractivity contribution in [1.29, 1.82) is 0 Å². The second-order valence-corrected chi connectivity index (χ2v) is 3.63. The molecule has 74 valence electrons. The molecule has 1 rings (SSSR count). The molecular formula is C10H10BrNO2. The van der Waals surface area contributed by atoms with E-state index in [9.17, 15) is 4.79 Å². The number of aliphatic carboxylic acids is 1. The monoisotopic (exact) mass is 255 g/mol. The van der Waals surface area contributed by atoms with Crippen molar-refractivity contribution in [2.45, 2.75) is 6.92 Å². The molecule has 0 saturated heterocycles. The normalized spacial score (nSPS) is 10.4. The molecule has 0 atom stereocenters. The van der Waals surface area contributed by atoms with Gasteiger partial charge < -0.3 is 10.4 Å². The van der Waals surface area contributed by atoms with Gasteiger partial charge in [0.05, 0.1) is 0 Å². The lowest BCUT2D eigenvalue weighted by Gasteiger charge is -2.02. The van der Waals surface area contributed by atoms with E-state index in [1.54, 1.807) is 0 Å². The molecule has 14 heavy (non-hydrogen) atoms. The highest BCUT2D eigenvalue weighted by Crippen LogP contribution is 2.20. The van der Waals surface area contributed by atoms with E-state index in [4.69, 9.17) is 5.11 Å². The van der Waals surface area contributed by atoms with Crippen LogP contribution in [0, 0.1) is 6.92 Å². The maximum Gasteiger partial charge on any atom is 0.329 e. The maximum atomic E-state index is 10.2. The Labute approximate surface area is 90.6 Å². The Balaban J connectivity index is 2.69. The zero-order valence-corrected chi connectivity index (χ0v) is 9.21. The zero-order chi connectivity index (χ0) is 10.6. The highest BCUT2D eigenvalue weighted by Gasteiger charge is 1.95. The minimum atomic E-state index is -0.969. The highest BCUT2D eigenvalue weighted by molar-refractivity contribution is 9.10. The number of hydrogen-bond acceptors (Lipinski definition) is 2. The third kappa shape index (κ3) is 3.22. The van der Waals surface area contributed by atoms with Crippen LogP contribution in [-0.4, -0.2) is 11.1 Å². The summed E-state index contributed by atoms with van der Waals surface area (Å²) >= 11 is 3.39. The van der Waals surface area contributed by atoms with Gasteiger partial charge in [0.15, 0.2) is 0 Å². The third-order valence-electron chi connectivity index (χ3n) is 1.65. The predicted molar refractivity (Wildman–Crippen MR) is 59.3 cm³/mol. The molecule has 0 radical (unpaired) electrons. The Morgan fingerprint density at radius 2 is 2.29 bits per heavy atom. The Kier molecular flexibility index (Phi) is 3.71. The number of rotatable bonds is 3. The molecule has 1 aromatic carbocycles. The number of carbonyl (C=O) groups is 1. The molecule has 3 nitrogen and oxygen atoms in total. The summed E-state index contributed by atoms with van der Waals surface area (Å²) in [6.07, 6.45) is 2.44. The van der Waals surface area contributed by atoms with Crippen LogP contribution in [0.25, 0.3) is 0 Å². The molecule has 0 spiro atoms. The van der Waals surface area contributed by atoms with Gasteiger partial charge in [0.2, 0.25) is 0 Å². The molecule has 0 aliphatic rings. The van der Waals surface area contributed by atoms with Crippen molar-refractivity contribution in [3.05, 3.63) is 40.5 Å². The molecule has 0 aromatic heterocycles. The summed E-state index contributed by atoms with van der Waals surface area (Å²) in [5.74, 6) is -0.969. The predicted octanol–water partition coefficient (Wildman–Crippen LogP) is 2.77. The summed E-state index contributed by atoms with van der Waals surface area (Å²) in [7, 11) is 0. The Bertz CT molecular complexity index is 374. The fourth-order valence-electron chi connectivity index (χ4n) is 0.892. The summed E-state index contributed by atoms with van der Waals surface area (Å²) in [6, 6.07) is 5.72. The van der Waals surface area contributed by atoms with E-state index in [0.717, 1.165) is 21.8 Å². The van der Waals surface area contributed by atoms with Crippen molar-refractivity contribution in [1.82, 2.24) is 0 Å². The first-order valence-electron chi connectivity index (χ1n) is 4.02. The van der Waals surface area contributed by atoms with Crippen molar-refractivity contribution < 1.29 is 9.90 Å². The molecule has 0 aliphatic heterocycles. The maximum absolute atomic E-state index is 10.2. The fourth-order valence-corrected chi connectivity index (χ4v) is 1.27. The fraction of sp³-hybridized carbons (Fsp3) is 0.100. The van der Waals surface area contributed by atoms with E-state index in [0.29, 0.717) is 0 Å². The first-order chi connectivity index (χ1) is 6.59. The van der Waals surface area contributed by atoms with Crippen LogP contribution < -0.4 is 5.32 Å². The Morgan fingerprint density at radius 3 is 2.86 bits per heavy atom. The van der Waals surface area contributed by atoms with E-state index in [-0.39, 0.29) is 0 Å². The molecule has 0 saturated carbocycles. The van der Waals surface area contributed by atoms with Gasteiger partial charge in [-0.15, -0.1) is 0 Å². The van der Waals surface area contributed by atoms with Gasteiger partial charge in [-0.1, -0.05) is 22.0 Å². The molecule has 4 heteroatoms. The Hall–Kier alpha value is -1.29. The van der Waals surface area contributed by atoms with E-state index < -0.39 is 5.97 Å². The minimum absolute atomic E-state index is 0.847. The van der Waals surface area contributed by atoms with Gasteiger partial charge in [0.25, 0.3) is 0 Å². The van der Waals surface area contributed by atoms with Gasteiger partial charge in [-0.25, -0.2) is 4.79 Å². The van der Waals surface area contributed by atoms with Gasteiger partial charge >= 0.3 is 5.97 Å². The van der Waals surface area contributed by atoms with Gasteiger partial charge in [-0.3, -0.25) is 0 Å². The van der Waals surface area contributed by atoms with Gasteiger partial charge in [-0.05, 0) is 24.6 Å². The molecule has 0 aliphatic carbocycles. The third-order valence-corrected chi connectivity index (χ3v) is 2.50. The number of halogens is 1. The summed E-state index contributed by atoms with van der Waals surface area (Å²) in [6.45, 7) is 1.99. The molecule has 0 unspecified atom stereocenters. The Morgan fingerprint density at radius 1 is 1.57 bits per heavy atom. The molecule has 0 bridgehead atoms. The van der Waals surface area contributed by atoms with Crippen LogP contribution >= 0.6 is 15.9 Å². The molecular weight excluding hydrogens is 246 g/mol. The molecule has 2 N–H and O–H groups in total. The molecule has 0 heterocycles. The molecule has 0 fully saturated rings. The largest absolute Gasteiger partial charge is 0.478 e. The SMILES string of the molecule is Cc1ccc(N/C=C/C(=O)O)cc1Br. The number of hydrogen-bond donors (Lipinski definition) is 2. The van der Waals surface area contributed by atoms with Crippen LogP contribution in [0.15, 0.2) is 34.9 Å². The average Bonchev–Trinajstić information content (AvgIpc) is 2.10. The molecule has 0 amide bonds. The van der Waals surface area contributed by atoms with Gasteiger partial charge in [-0.2, -0.15) is 0 Å². The zero-order valence-electron chi connectivity index (χ0n) is 7.62. The number of carboxylic acid groups (broad SMARTS) is 1. The lowest BCUT2D eigenvalue weighted by molar-refractivity contribution is -0.131. The smallest absolute Gasteiger partial charge is 0.329 e. The highest BCUT2D eigenvalue weighted by atomic mass is 79.9. The van der Waals surface area contributed by atoms with Crippen LogP contribution in [0.5, 0.6) is 0 Å². The summed E-state index contributed by atoms with van der Waals surface area (Å²) in [5, 5.41) is 11.2. The van der Waals surface area contributed by atoms with Crippen LogP contribution in [0.3, 0.4) is 0 Å². The van der Waals surface area contributed by atoms with Crippen LogP contribution in [0.2, 0.25) is 0 Å². The van der Waals surface area contributed by atoms with E-state index >= 15 is 0 Å². The van der Waals surface area contributed by atoms with Crippen molar-refractivity contribution >= 4 is 27.6 Å². The van der Waals surface area contributed by atoms with Crippen LogP contribution in [0.4, 0.5) is 5.69 Å². The topological polar surface area (TPSA) is 49.3 Å². The average molecular weight is 256 g/mol. The van der Waals surface area contributed by atoms with Crippen molar-refractivity contribution in [3.8, 4) is 0 Å². The standard InChI is InChI=1S/C10H10BrNO2/c1-7-2-3-8(6-9(7)11)12-5-4-10(13)14/h2-6,12H,1H3,(H,13,14)/b5-4+. The lowest BCUT2D eigenvalue weighted by atomic mass is 10.2. The number of benzene rings is 1. The second kappa shape index (κ2) is 4.81. The summed E-state index contributed by atoms with van der Waals surface area (Å²) in [4.78, 5) is 10.2. The van der Waals surface area contributed by atoms with Crippen molar-refractivity contribution in [2.24, 2.45) is 0 Å². The molecule has 1 aromatic rings. The second-order valence-electron chi connectivity index (χ2n) is 2.78. The van der Waals surface area contributed by atoms with Gasteiger partial charge in [0.1, 0.15) is 0 Å². The van der Waals surface area contributed by atoms with Crippen LogP contribution in [-0.2, 0) is 4.79 Å². The van der Waals surface area contributed by atoms with E-state index in [1.165, 1.54) is 6.20 Å². The first-order valence-corrected chi connectivity index (χ1v) is 4.81. The van der Waals surface area contributed by atoms with Gasteiger partial charge in [0, 0.05) is 22.4 Å². The number of nitrogens with one attached hydrogen (secondary N) is 1. The summed E-state index contributed by atoms with van der Waals surface area (Å²) < 4.78 is 0.992. The van der Waals surface area contributed by atoms with E-state index in [1.807, 2.05) is 25.1 Å². The van der Waals surface area contributed by atoms with Crippen molar-refractivity contribution in [2.75, 3.05) is 5.32 Å². The lowest BCUT2D eigenvalue weighted by Crippen LogP contribution is -1.92. The van der Waals surface area contributed by atoms with Crippen molar-refractivity contribution in [3.63, 3.8) is 0 Å². The number of carboxylic acids is 1. The number of anilines is 1. The summed E-state index contributed by atoms with van der Waals surface area (Å²) in [5.41, 5.74) is 1.98.